The van der Waals surface area contributed by atoms with E-state index < -0.39 is 11.0 Å². The highest BCUT2D eigenvalue weighted by atomic mass is 16.6. The topological polar surface area (TPSA) is 99.3 Å². The summed E-state index contributed by atoms with van der Waals surface area (Å²) in [5.74, 6) is -0.106. The third-order valence-electron chi connectivity index (χ3n) is 4.03. The van der Waals surface area contributed by atoms with Gasteiger partial charge in [0.25, 0.3) is 11.6 Å². The van der Waals surface area contributed by atoms with Crippen molar-refractivity contribution in [3.63, 3.8) is 0 Å². The molecule has 1 N–H and O–H groups in total. The van der Waals surface area contributed by atoms with Crippen molar-refractivity contribution in [3.8, 4) is 6.07 Å². The van der Waals surface area contributed by atoms with E-state index in [0.29, 0.717) is 17.8 Å². The number of amides is 1. The summed E-state index contributed by atoms with van der Waals surface area (Å²) < 4.78 is 0. The minimum atomic E-state index is -0.528. The summed E-state index contributed by atoms with van der Waals surface area (Å²) in [6, 6.07) is 13.5. The molecule has 120 valence electrons. The average Bonchev–Trinajstić information content (AvgIpc) is 2.59. The summed E-state index contributed by atoms with van der Waals surface area (Å²) in [4.78, 5) is 24.5. The zero-order valence-corrected chi connectivity index (χ0v) is 12.9. The normalized spacial score (nSPS) is 16.2. The maximum atomic E-state index is 12.3. The Balaban J connectivity index is 1.81. The maximum Gasteiger partial charge on any atom is 0.275 e. The summed E-state index contributed by atoms with van der Waals surface area (Å²) in [6.07, 6.45) is 0. The smallest absolute Gasteiger partial charge is 0.275 e. The molecule has 0 bridgehead atoms. The van der Waals surface area contributed by atoms with Crippen LogP contribution in [0.5, 0.6) is 0 Å². The molecule has 1 heterocycles. The summed E-state index contributed by atoms with van der Waals surface area (Å²) in [5, 5.41) is 23.2. The number of β-lactam (4-membered cyclic amide) rings is 1. The number of carbonyl (C=O) groups is 1. The van der Waals surface area contributed by atoms with Crippen molar-refractivity contribution in [3.05, 3.63) is 63.7 Å². The second kappa shape index (κ2) is 6.01. The Kier molecular flexibility index (Phi) is 3.88. The minimum Gasteiger partial charge on any atom is -0.372 e. The highest BCUT2D eigenvalue weighted by molar-refractivity contribution is 6.05. The molecular weight excluding hydrogens is 308 g/mol. The van der Waals surface area contributed by atoms with Crippen molar-refractivity contribution in [1.29, 1.82) is 5.26 Å². The van der Waals surface area contributed by atoms with Gasteiger partial charge in [-0.15, -0.1) is 0 Å². The minimum absolute atomic E-state index is 0.106. The van der Waals surface area contributed by atoms with Gasteiger partial charge in [-0.2, -0.15) is 5.26 Å². The molecule has 1 amide bonds. The molecule has 0 spiro atoms. The van der Waals surface area contributed by atoms with E-state index in [1.165, 1.54) is 12.1 Å². The van der Waals surface area contributed by atoms with Gasteiger partial charge in [-0.25, -0.2) is 0 Å². The van der Waals surface area contributed by atoms with E-state index in [1.54, 1.807) is 11.8 Å². The van der Waals surface area contributed by atoms with Crippen LogP contribution in [-0.2, 0) is 4.79 Å². The van der Waals surface area contributed by atoms with E-state index in [4.69, 9.17) is 5.26 Å². The van der Waals surface area contributed by atoms with Crippen molar-refractivity contribution in [2.24, 2.45) is 0 Å². The Hall–Kier alpha value is -3.40. The third-order valence-corrected chi connectivity index (χ3v) is 4.03. The van der Waals surface area contributed by atoms with Crippen molar-refractivity contribution in [2.75, 3.05) is 16.8 Å². The van der Waals surface area contributed by atoms with Crippen LogP contribution >= 0.6 is 0 Å². The summed E-state index contributed by atoms with van der Waals surface area (Å²) in [7, 11) is 0. The molecule has 1 fully saturated rings. The maximum absolute atomic E-state index is 12.3. The highest BCUT2D eigenvalue weighted by Gasteiger charge is 2.38. The lowest BCUT2D eigenvalue weighted by Crippen LogP contribution is -2.60. The van der Waals surface area contributed by atoms with Crippen LogP contribution < -0.4 is 10.2 Å². The number of anilines is 2. The number of hydrogen-bond donors (Lipinski definition) is 1. The Morgan fingerprint density at radius 3 is 2.62 bits per heavy atom. The number of para-hydroxylation sites is 1. The van der Waals surface area contributed by atoms with Gasteiger partial charge in [-0.05, 0) is 25.1 Å². The Morgan fingerprint density at radius 2 is 2.04 bits per heavy atom. The van der Waals surface area contributed by atoms with Crippen LogP contribution in [0.3, 0.4) is 0 Å². The van der Waals surface area contributed by atoms with E-state index in [-0.39, 0.29) is 17.2 Å². The fraction of sp³-hybridized carbons (Fsp3) is 0.176. The zero-order chi connectivity index (χ0) is 17.3. The first kappa shape index (κ1) is 15.5. The molecule has 0 radical (unpaired) electrons. The molecular formula is C17H14N4O3. The molecule has 1 saturated heterocycles. The Labute approximate surface area is 138 Å². The molecule has 1 atom stereocenters. The fourth-order valence-corrected chi connectivity index (χ4v) is 2.67. The Bertz CT molecular complexity index is 858. The van der Waals surface area contributed by atoms with Gasteiger partial charge in [0, 0.05) is 23.0 Å². The first-order valence-corrected chi connectivity index (χ1v) is 7.33. The molecule has 0 aromatic heterocycles. The van der Waals surface area contributed by atoms with Crippen LogP contribution in [0.25, 0.3) is 0 Å². The van der Waals surface area contributed by atoms with Crippen LogP contribution in [0.4, 0.5) is 17.1 Å². The third kappa shape index (κ3) is 2.65. The van der Waals surface area contributed by atoms with Crippen LogP contribution in [-0.4, -0.2) is 23.4 Å². The number of nitro groups is 1. The fourth-order valence-electron chi connectivity index (χ4n) is 2.67. The number of hydrogen-bond acceptors (Lipinski definition) is 5. The molecule has 7 heteroatoms. The summed E-state index contributed by atoms with van der Waals surface area (Å²) >= 11 is 0. The van der Waals surface area contributed by atoms with E-state index in [9.17, 15) is 14.9 Å². The van der Waals surface area contributed by atoms with Crippen molar-refractivity contribution in [1.82, 2.24) is 0 Å². The lowest BCUT2D eigenvalue weighted by Gasteiger charge is -2.39. The highest BCUT2D eigenvalue weighted by Crippen LogP contribution is 2.30. The first-order valence-electron chi connectivity index (χ1n) is 7.33. The van der Waals surface area contributed by atoms with Crippen LogP contribution in [0, 0.1) is 28.4 Å². The van der Waals surface area contributed by atoms with Gasteiger partial charge in [-0.1, -0.05) is 18.2 Å². The number of benzene rings is 2. The summed E-state index contributed by atoms with van der Waals surface area (Å²) in [5.41, 5.74) is 1.70. The quantitative estimate of drug-likeness (QED) is 0.530. The molecule has 2 aromatic carbocycles. The number of rotatable bonds is 4. The zero-order valence-electron chi connectivity index (χ0n) is 12.9. The van der Waals surface area contributed by atoms with Gasteiger partial charge in [-0.3, -0.25) is 14.9 Å². The molecule has 1 aliphatic heterocycles. The molecule has 0 saturated carbocycles. The molecule has 7 nitrogen and oxygen atoms in total. The molecule has 0 aliphatic carbocycles. The van der Waals surface area contributed by atoms with Gasteiger partial charge in [0.05, 0.1) is 23.1 Å². The molecule has 0 unspecified atom stereocenters. The second-order valence-corrected chi connectivity index (χ2v) is 5.52. The van der Waals surface area contributed by atoms with E-state index in [1.807, 2.05) is 36.4 Å². The Morgan fingerprint density at radius 1 is 1.33 bits per heavy atom. The second-order valence-electron chi connectivity index (χ2n) is 5.52. The van der Waals surface area contributed by atoms with Gasteiger partial charge in [0.15, 0.2) is 0 Å². The first-order chi connectivity index (χ1) is 11.5. The number of nitro benzene ring substituents is 1. The van der Waals surface area contributed by atoms with E-state index in [2.05, 4.69) is 5.32 Å². The lowest BCUT2D eigenvalue weighted by molar-refractivity contribution is -0.385. The van der Waals surface area contributed by atoms with E-state index >= 15 is 0 Å². The average molecular weight is 322 g/mol. The van der Waals surface area contributed by atoms with Gasteiger partial charge < -0.3 is 10.2 Å². The van der Waals surface area contributed by atoms with Gasteiger partial charge in [0.2, 0.25) is 0 Å². The predicted octanol–water partition coefficient (Wildman–Crippen LogP) is 2.60. The number of nitriles is 1. The number of carbonyl (C=O) groups excluding carboxylic acids is 1. The predicted molar refractivity (Wildman–Crippen MR) is 88.8 cm³/mol. The molecule has 1 aliphatic rings. The van der Waals surface area contributed by atoms with Crippen molar-refractivity contribution < 1.29 is 9.72 Å². The summed E-state index contributed by atoms with van der Waals surface area (Å²) in [6.45, 7) is 2.06. The van der Waals surface area contributed by atoms with E-state index in [0.717, 1.165) is 5.69 Å². The number of nitrogens with zero attached hydrogens (tertiary/aromatic N) is 3. The van der Waals surface area contributed by atoms with Crippen molar-refractivity contribution in [2.45, 2.75) is 13.0 Å². The van der Waals surface area contributed by atoms with Crippen LogP contribution in [0.2, 0.25) is 0 Å². The van der Waals surface area contributed by atoms with Gasteiger partial charge >= 0.3 is 0 Å². The van der Waals surface area contributed by atoms with Gasteiger partial charge in [0.1, 0.15) is 6.04 Å². The van der Waals surface area contributed by atoms with Crippen LogP contribution in [0.15, 0.2) is 42.5 Å². The molecule has 2 aromatic rings. The van der Waals surface area contributed by atoms with Crippen molar-refractivity contribution >= 4 is 23.0 Å². The number of nitrogens with one attached hydrogen (secondary N) is 1. The molecule has 3 rings (SSSR count). The standard InChI is InChI=1S/C17H14N4O3/c1-11-14(7-12(9-18)8-16(11)21(23)24)19-15-10-20(17(15)22)13-5-3-2-4-6-13/h2-8,15,19H,10H2,1H3/t15-/m1/s1. The SMILES string of the molecule is Cc1c(N[C@@H]2CN(c3ccccc3)C2=O)cc(C#N)cc1[N+](=O)[O-]. The largest absolute Gasteiger partial charge is 0.372 e. The monoisotopic (exact) mass is 322 g/mol. The molecule has 24 heavy (non-hydrogen) atoms. The van der Waals surface area contributed by atoms with Crippen LogP contribution in [0.1, 0.15) is 11.1 Å². The lowest BCUT2D eigenvalue weighted by atomic mass is 10.0.